The van der Waals surface area contributed by atoms with Crippen LogP contribution < -0.4 is 5.32 Å². The predicted octanol–water partition coefficient (Wildman–Crippen LogP) is 6.03. The van der Waals surface area contributed by atoms with Crippen LogP contribution in [0, 0.1) is 6.92 Å². The van der Waals surface area contributed by atoms with E-state index in [1.165, 1.54) is 22.4 Å². The molecule has 0 aliphatic heterocycles. The van der Waals surface area contributed by atoms with Gasteiger partial charge in [0.25, 0.3) is 0 Å². The molecule has 0 atom stereocenters. The zero-order valence-electron chi connectivity index (χ0n) is 14.1. The van der Waals surface area contributed by atoms with Crippen LogP contribution in [0.3, 0.4) is 0 Å². The second-order valence-electron chi connectivity index (χ2n) is 6.44. The molecule has 2 heteroatoms. The minimum absolute atomic E-state index is 0.460. The number of nitrogens with one attached hydrogen (secondary N) is 1. The molecule has 0 saturated heterocycles. The lowest BCUT2D eigenvalue weighted by molar-refractivity contribution is 0.839. The molecule has 0 spiro atoms. The highest BCUT2D eigenvalue weighted by atomic mass is 32.1. The van der Waals surface area contributed by atoms with Crippen LogP contribution in [0.5, 0.6) is 0 Å². The highest BCUT2D eigenvalue weighted by molar-refractivity contribution is 7.81. The predicted molar refractivity (Wildman–Crippen MR) is 101 cm³/mol. The van der Waals surface area contributed by atoms with E-state index in [1.807, 2.05) is 0 Å². The molecule has 2 aromatic carbocycles. The molecular formula is C20H25NS. The van der Waals surface area contributed by atoms with Crippen LogP contribution in [-0.4, -0.2) is 4.99 Å². The molecule has 0 radical (unpaired) electrons. The van der Waals surface area contributed by atoms with Crippen molar-refractivity contribution < 1.29 is 0 Å². The van der Waals surface area contributed by atoms with Gasteiger partial charge in [0.2, 0.25) is 0 Å². The highest BCUT2D eigenvalue weighted by Crippen LogP contribution is 2.32. The third-order valence-corrected chi connectivity index (χ3v) is 4.26. The fraction of sp³-hybridized carbons (Fsp3) is 0.350. The number of hydrogen-bond acceptors (Lipinski definition) is 1. The molecule has 0 unspecified atom stereocenters. The molecule has 0 fully saturated rings. The van der Waals surface area contributed by atoms with Gasteiger partial charge in [0.1, 0.15) is 4.99 Å². The maximum Gasteiger partial charge on any atom is 0.111 e. The fourth-order valence-electron chi connectivity index (χ4n) is 2.59. The number of anilines is 1. The summed E-state index contributed by atoms with van der Waals surface area (Å²) in [5, 5.41) is 3.51. The van der Waals surface area contributed by atoms with Gasteiger partial charge in [-0.15, -0.1) is 0 Å². The van der Waals surface area contributed by atoms with Gasteiger partial charge in [-0.2, -0.15) is 0 Å². The molecule has 0 aliphatic rings. The maximum atomic E-state index is 5.63. The smallest absolute Gasteiger partial charge is 0.111 e. The average Bonchev–Trinajstić information content (AvgIpc) is 2.47. The third kappa shape index (κ3) is 3.75. The average molecular weight is 311 g/mol. The molecule has 0 amide bonds. The van der Waals surface area contributed by atoms with E-state index in [0.29, 0.717) is 11.8 Å². The van der Waals surface area contributed by atoms with E-state index in [0.717, 1.165) is 10.6 Å². The Kier molecular flexibility index (Phi) is 5.36. The van der Waals surface area contributed by atoms with E-state index in [2.05, 4.69) is 82.4 Å². The van der Waals surface area contributed by atoms with Crippen molar-refractivity contribution in [1.82, 2.24) is 0 Å². The summed E-state index contributed by atoms with van der Waals surface area (Å²) in [4.78, 5) is 0.787. The van der Waals surface area contributed by atoms with Gasteiger partial charge in [-0.25, -0.2) is 0 Å². The van der Waals surface area contributed by atoms with Crippen molar-refractivity contribution in [3.63, 3.8) is 0 Å². The van der Waals surface area contributed by atoms with E-state index < -0.39 is 0 Å². The molecule has 1 nitrogen and oxygen atoms in total. The molecule has 2 aromatic rings. The molecular weight excluding hydrogens is 286 g/mol. The fourth-order valence-corrected chi connectivity index (χ4v) is 2.82. The summed E-state index contributed by atoms with van der Waals surface area (Å²) in [6.45, 7) is 11.0. The largest absolute Gasteiger partial charge is 0.346 e. The number of aryl methyl sites for hydroxylation is 1. The van der Waals surface area contributed by atoms with Crippen LogP contribution >= 0.6 is 12.2 Å². The summed E-state index contributed by atoms with van der Waals surface area (Å²) >= 11 is 5.63. The van der Waals surface area contributed by atoms with Crippen molar-refractivity contribution in [2.45, 2.75) is 46.5 Å². The SMILES string of the molecule is Cc1ccc(C(=S)Nc2c(C(C)C)cccc2C(C)C)cc1. The maximum absolute atomic E-state index is 5.63. The summed E-state index contributed by atoms with van der Waals surface area (Å²) in [6.07, 6.45) is 0. The number of hydrogen-bond donors (Lipinski definition) is 1. The van der Waals surface area contributed by atoms with Crippen LogP contribution in [0.15, 0.2) is 42.5 Å². The first-order valence-corrected chi connectivity index (χ1v) is 8.31. The van der Waals surface area contributed by atoms with Gasteiger partial charge in [0.05, 0.1) is 0 Å². The summed E-state index contributed by atoms with van der Waals surface area (Å²) < 4.78 is 0. The normalized spacial score (nSPS) is 11.0. The lowest BCUT2D eigenvalue weighted by atomic mass is 9.92. The summed E-state index contributed by atoms with van der Waals surface area (Å²) in [7, 11) is 0. The topological polar surface area (TPSA) is 12.0 Å². The molecule has 0 aromatic heterocycles. The summed E-state index contributed by atoms with van der Waals surface area (Å²) in [5.74, 6) is 0.920. The molecule has 0 aliphatic carbocycles. The molecule has 22 heavy (non-hydrogen) atoms. The zero-order chi connectivity index (χ0) is 16.3. The summed E-state index contributed by atoms with van der Waals surface area (Å²) in [6, 6.07) is 14.9. The van der Waals surface area contributed by atoms with Crippen LogP contribution in [0.1, 0.15) is 61.8 Å². The summed E-state index contributed by atoms with van der Waals surface area (Å²) in [5.41, 5.74) is 6.13. The van der Waals surface area contributed by atoms with Gasteiger partial charge in [-0.1, -0.05) is 87.9 Å². The lowest BCUT2D eigenvalue weighted by Crippen LogP contribution is -2.14. The van der Waals surface area contributed by atoms with Crippen LogP contribution in [0.2, 0.25) is 0 Å². The number of thiocarbonyl (C=S) groups is 1. The molecule has 1 N–H and O–H groups in total. The standard InChI is InChI=1S/C20H25NS/c1-13(2)17-7-6-8-18(14(3)4)19(17)21-20(22)16-11-9-15(5)10-12-16/h6-14H,1-5H3,(H,21,22). The van der Waals surface area contributed by atoms with Crippen molar-refractivity contribution in [2.24, 2.45) is 0 Å². The Morgan fingerprint density at radius 1 is 0.864 bits per heavy atom. The Balaban J connectivity index is 2.39. The Hall–Kier alpha value is -1.67. The van der Waals surface area contributed by atoms with Crippen molar-refractivity contribution in [1.29, 1.82) is 0 Å². The Labute approximate surface area is 139 Å². The van der Waals surface area contributed by atoms with Crippen molar-refractivity contribution in [2.75, 3.05) is 5.32 Å². The van der Waals surface area contributed by atoms with Crippen molar-refractivity contribution >= 4 is 22.9 Å². The van der Waals surface area contributed by atoms with Gasteiger partial charge < -0.3 is 5.32 Å². The first-order chi connectivity index (χ1) is 10.4. The molecule has 0 bridgehead atoms. The minimum atomic E-state index is 0.460. The highest BCUT2D eigenvalue weighted by Gasteiger charge is 2.15. The molecule has 116 valence electrons. The quantitative estimate of drug-likeness (QED) is 0.692. The van der Waals surface area contributed by atoms with Crippen LogP contribution in [0.4, 0.5) is 5.69 Å². The first kappa shape index (κ1) is 16.7. The van der Waals surface area contributed by atoms with Crippen LogP contribution in [0.25, 0.3) is 0 Å². The van der Waals surface area contributed by atoms with E-state index in [-0.39, 0.29) is 0 Å². The zero-order valence-corrected chi connectivity index (χ0v) is 14.9. The van der Waals surface area contributed by atoms with E-state index in [1.54, 1.807) is 0 Å². The lowest BCUT2D eigenvalue weighted by Gasteiger charge is -2.21. The number of para-hydroxylation sites is 1. The van der Waals surface area contributed by atoms with Gasteiger partial charge in [-0.05, 0) is 29.9 Å². The van der Waals surface area contributed by atoms with E-state index in [9.17, 15) is 0 Å². The first-order valence-electron chi connectivity index (χ1n) is 7.91. The molecule has 0 saturated carbocycles. The Bertz CT molecular complexity index is 628. The monoisotopic (exact) mass is 311 g/mol. The minimum Gasteiger partial charge on any atom is -0.346 e. The van der Waals surface area contributed by atoms with Gasteiger partial charge >= 0.3 is 0 Å². The number of rotatable bonds is 4. The van der Waals surface area contributed by atoms with Gasteiger partial charge in [0, 0.05) is 11.3 Å². The Morgan fingerprint density at radius 3 is 1.82 bits per heavy atom. The third-order valence-electron chi connectivity index (χ3n) is 3.93. The van der Waals surface area contributed by atoms with Crippen LogP contribution in [-0.2, 0) is 0 Å². The van der Waals surface area contributed by atoms with E-state index in [4.69, 9.17) is 12.2 Å². The second-order valence-corrected chi connectivity index (χ2v) is 6.85. The molecule has 2 rings (SSSR count). The van der Waals surface area contributed by atoms with Gasteiger partial charge in [0.15, 0.2) is 0 Å². The second kappa shape index (κ2) is 7.06. The Morgan fingerprint density at radius 2 is 1.36 bits per heavy atom. The molecule has 0 heterocycles. The number of benzene rings is 2. The van der Waals surface area contributed by atoms with Crippen molar-refractivity contribution in [3.8, 4) is 0 Å². The van der Waals surface area contributed by atoms with Gasteiger partial charge in [-0.3, -0.25) is 0 Å². The van der Waals surface area contributed by atoms with Crippen molar-refractivity contribution in [3.05, 3.63) is 64.7 Å². The van der Waals surface area contributed by atoms with E-state index >= 15 is 0 Å².